The summed E-state index contributed by atoms with van der Waals surface area (Å²) in [5.41, 5.74) is -0.0671. The molecule has 1 rings (SSSR count). The van der Waals surface area contributed by atoms with Gasteiger partial charge in [0, 0.05) is 0 Å². The number of hydrogen-bond donors (Lipinski definition) is 2. The fourth-order valence-corrected chi connectivity index (χ4v) is 11.8. The number of carboxylic acids is 1. The minimum absolute atomic E-state index is 0.0671. The standard InChI is InChI=1S/C7H6O3.3C4H9.Sn/c8-6-4-2-1-3-5(6)7(9)10;3*1-3-4-2;/h1-4,8H,(H,9,10);3*1,3-4H2,2H3;. The van der Waals surface area contributed by atoms with Crippen molar-refractivity contribution in [3.63, 3.8) is 0 Å². The van der Waals surface area contributed by atoms with Gasteiger partial charge in [0.25, 0.3) is 0 Å². The maximum Gasteiger partial charge on any atom is 0.339 e. The van der Waals surface area contributed by atoms with E-state index in [0.29, 0.717) is 0 Å². The summed E-state index contributed by atoms with van der Waals surface area (Å²) in [6.45, 7) is 7.00. The number of unbranched alkanes of at least 4 members (excludes halogenated alkanes) is 3. The van der Waals surface area contributed by atoms with Gasteiger partial charge in [0.15, 0.2) is 0 Å². The Balaban J connectivity index is 0.000000433. The van der Waals surface area contributed by atoms with Crippen LogP contribution in [-0.4, -0.2) is 35.9 Å². The first-order valence-electron chi connectivity index (χ1n) is 8.91. The quantitative estimate of drug-likeness (QED) is 0.452. The molecule has 1 aromatic carbocycles. The Labute approximate surface area is 148 Å². The maximum absolute atomic E-state index is 10.3. The molecule has 2 N–H and O–H groups in total. The Morgan fingerprint density at radius 3 is 1.65 bits per heavy atom. The van der Waals surface area contributed by atoms with Gasteiger partial charge < -0.3 is 10.2 Å². The molecular weight excluding hydrogens is 395 g/mol. The van der Waals surface area contributed by atoms with E-state index >= 15 is 0 Å². The first-order chi connectivity index (χ1) is 11.1. The van der Waals surface area contributed by atoms with Crippen LogP contribution in [-0.2, 0) is 0 Å². The average molecular weight is 428 g/mol. The van der Waals surface area contributed by atoms with Crippen LogP contribution in [0.1, 0.15) is 69.7 Å². The summed E-state index contributed by atoms with van der Waals surface area (Å²) in [5.74, 6) is -1.31. The third-order valence-corrected chi connectivity index (χ3v) is 12.9. The molecular formula is C19H33O3Sn. The van der Waals surface area contributed by atoms with Gasteiger partial charge in [-0.2, -0.15) is 0 Å². The Morgan fingerprint density at radius 1 is 0.913 bits per heavy atom. The van der Waals surface area contributed by atoms with E-state index in [9.17, 15) is 4.79 Å². The summed E-state index contributed by atoms with van der Waals surface area (Å²) < 4.78 is 5.04. The summed E-state index contributed by atoms with van der Waals surface area (Å²) in [4.78, 5) is 10.3. The van der Waals surface area contributed by atoms with Crippen LogP contribution in [0.15, 0.2) is 24.3 Å². The third-order valence-electron chi connectivity index (χ3n) is 3.79. The molecule has 1 radical (unpaired) electrons. The van der Waals surface area contributed by atoms with Crippen LogP contribution in [0.4, 0.5) is 0 Å². The van der Waals surface area contributed by atoms with E-state index in [-0.39, 0.29) is 11.3 Å². The van der Waals surface area contributed by atoms with Crippen molar-refractivity contribution < 1.29 is 15.0 Å². The largest absolute Gasteiger partial charge is 0.507 e. The van der Waals surface area contributed by atoms with Crippen LogP contribution >= 0.6 is 0 Å². The van der Waals surface area contributed by atoms with Gasteiger partial charge in [0.05, 0.1) is 0 Å². The van der Waals surface area contributed by atoms with Crippen molar-refractivity contribution in [2.24, 2.45) is 0 Å². The number of hydrogen-bond acceptors (Lipinski definition) is 2. The third kappa shape index (κ3) is 11.5. The van der Waals surface area contributed by atoms with Crippen molar-refractivity contribution in [3.05, 3.63) is 29.8 Å². The molecule has 0 saturated heterocycles. The molecule has 1 aromatic rings. The normalized spacial score (nSPS) is 10.3. The fourth-order valence-electron chi connectivity index (χ4n) is 2.31. The van der Waals surface area contributed by atoms with E-state index in [1.807, 2.05) is 0 Å². The Kier molecular flexibility index (Phi) is 14.4. The van der Waals surface area contributed by atoms with Crippen molar-refractivity contribution in [1.29, 1.82) is 0 Å². The topological polar surface area (TPSA) is 57.5 Å². The number of phenols is 1. The average Bonchev–Trinajstić information content (AvgIpc) is 2.55. The second kappa shape index (κ2) is 14.9. The molecule has 0 bridgehead atoms. The van der Waals surface area contributed by atoms with Crippen molar-refractivity contribution >= 4 is 25.7 Å². The molecule has 0 aliphatic carbocycles. The van der Waals surface area contributed by atoms with E-state index in [1.165, 1.54) is 50.7 Å². The minimum atomic E-state index is -1.11. The van der Waals surface area contributed by atoms with Crippen LogP contribution in [0.25, 0.3) is 0 Å². The molecule has 0 fully saturated rings. The molecule has 0 amide bonds. The molecule has 3 nitrogen and oxygen atoms in total. The summed E-state index contributed by atoms with van der Waals surface area (Å²) >= 11 is -0.839. The summed E-state index contributed by atoms with van der Waals surface area (Å²) in [6.07, 6.45) is 8.85. The molecule has 0 atom stereocenters. The number of rotatable bonds is 10. The Morgan fingerprint density at radius 2 is 1.35 bits per heavy atom. The first-order valence-corrected chi connectivity index (χ1v) is 15.0. The van der Waals surface area contributed by atoms with Crippen molar-refractivity contribution in [2.45, 2.75) is 72.6 Å². The summed E-state index contributed by atoms with van der Waals surface area (Å²) in [6, 6.07) is 5.81. The number of aromatic hydroxyl groups is 1. The summed E-state index contributed by atoms with van der Waals surface area (Å²) in [5, 5.41) is 17.3. The van der Waals surface area contributed by atoms with Crippen LogP contribution in [0.2, 0.25) is 13.3 Å². The Bertz CT molecular complexity index is 402. The van der Waals surface area contributed by atoms with E-state index in [4.69, 9.17) is 10.2 Å². The predicted octanol–water partition coefficient (Wildman–Crippen LogP) is 5.97. The number of aromatic carboxylic acids is 1. The van der Waals surface area contributed by atoms with E-state index in [1.54, 1.807) is 25.4 Å². The van der Waals surface area contributed by atoms with Gasteiger partial charge >= 0.3 is 98.3 Å². The van der Waals surface area contributed by atoms with Gasteiger partial charge in [0.2, 0.25) is 0 Å². The second-order valence-electron chi connectivity index (χ2n) is 5.88. The summed E-state index contributed by atoms with van der Waals surface area (Å²) in [7, 11) is 0. The minimum Gasteiger partial charge on any atom is -0.507 e. The smallest absolute Gasteiger partial charge is 0.339 e. The van der Waals surface area contributed by atoms with Gasteiger partial charge in [0.1, 0.15) is 11.3 Å². The molecule has 0 heterocycles. The zero-order valence-corrected chi connectivity index (χ0v) is 17.8. The van der Waals surface area contributed by atoms with Gasteiger partial charge in [-0.25, -0.2) is 4.79 Å². The van der Waals surface area contributed by atoms with Crippen molar-refractivity contribution in [3.8, 4) is 5.75 Å². The number of carbonyl (C=O) groups is 1. The van der Waals surface area contributed by atoms with Gasteiger partial charge in [-0.3, -0.25) is 0 Å². The maximum atomic E-state index is 10.3. The van der Waals surface area contributed by atoms with Crippen molar-refractivity contribution in [1.82, 2.24) is 0 Å². The zero-order chi connectivity index (χ0) is 17.5. The monoisotopic (exact) mass is 429 g/mol. The predicted molar refractivity (Wildman–Crippen MR) is 100.0 cm³/mol. The molecule has 4 heteroatoms. The van der Waals surface area contributed by atoms with Crippen LogP contribution in [0.5, 0.6) is 5.75 Å². The van der Waals surface area contributed by atoms with Crippen LogP contribution in [0.3, 0.4) is 0 Å². The fraction of sp³-hybridized carbons (Fsp3) is 0.632. The molecule has 0 unspecified atom stereocenters. The van der Waals surface area contributed by atoms with Crippen LogP contribution < -0.4 is 0 Å². The molecule has 131 valence electrons. The van der Waals surface area contributed by atoms with Crippen molar-refractivity contribution in [2.75, 3.05) is 0 Å². The number of carboxylic acid groups (broad SMARTS) is 1. The van der Waals surface area contributed by atoms with Gasteiger partial charge in [-0.15, -0.1) is 0 Å². The molecule has 0 spiro atoms. The molecule has 0 aliphatic heterocycles. The molecule has 23 heavy (non-hydrogen) atoms. The van der Waals surface area contributed by atoms with E-state index in [0.717, 1.165) is 0 Å². The molecule has 0 saturated carbocycles. The number of benzene rings is 1. The van der Waals surface area contributed by atoms with Crippen LogP contribution in [0, 0.1) is 0 Å². The van der Waals surface area contributed by atoms with E-state index < -0.39 is 25.7 Å². The second-order valence-corrected chi connectivity index (χ2v) is 14.4. The Hall–Kier alpha value is -0.711. The number of para-hydroxylation sites is 1. The SMILES string of the molecule is CCC[CH2][Sn]([CH2]CCC)[CH2]CCC.O=C(O)c1ccccc1O. The molecule has 0 aliphatic rings. The van der Waals surface area contributed by atoms with Gasteiger partial charge in [-0.05, 0) is 12.1 Å². The zero-order valence-electron chi connectivity index (χ0n) is 15.0. The van der Waals surface area contributed by atoms with E-state index in [2.05, 4.69) is 20.8 Å². The van der Waals surface area contributed by atoms with Gasteiger partial charge in [-0.1, -0.05) is 12.1 Å². The first kappa shape index (κ1) is 22.3. The molecule has 0 aromatic heterocycles.